The molecule has 0 bridgehead atoms. The molecule has 0 fully saturated rings. The van der Waals surface area contributed by atoms with Crippen LogP contribution >= 0.6 is 34.1 Å². The summed E-state index contributed by atoms with van der Waals surface area (Å²) < 4.78 is 5.07. The summed E-state index contributed by atoms with van der Waals surface area (Å²) in [5.74, 6) is 0.516. The lowest BCUT2D eigenvalue weighted by molar-refractivity contribution is -0.136. The van der Waals surface area contributed by atoms with Crippen molar-refractivity contribution >= 4 is 50.7 Å². The summed E-state index contributed by atoms with van der Waals surface area (Å²) in [5, 5.41) is 3.21. The summed E-state index contributed by atoms with van der Waals surface area (Å²) in [6.45, 7) is 5.98. The largest absolute Gasteiger partial charge is 0.524 e. The summed E-state index contributed by atoms with van der Waals surface area (Å²) in [4.78, 5) is 24.8. The van der Waals surface area contributed by atoms with Crippen LogP contribution in [0.1, 0.15) is 26.7 Å². The number of ketones is 1. The van der Waals surface area contributed by atoms with Crippen LogP contribution in [0.4, 0.5) is 0 Å². The van der Waals surface area contributed by atoms with Crippen LogP contribution in [0.3, 0.4) is 0 Å². The molecule has 19 heavy (non-hydrogen) atoms. The fourth-order valence-corrected chi connectivity index (χ4v) is 3.72. The second-order valence-electron chi connectivity index (χ2n) is 5.74. The molecule has 0 aromatic rings. The van der Waals surface area contributed by atoms with Gasteiger partial charge in [0.15, 0.2) is 5.78 Å². The first-order chi connectivity index (χ1) is 8.78. The summed E-state index contributed by atoms with van der Waals surface area (Å²) in [7, 11) is 0. The quantitative estimate of drug-likeness (QED) is 0.577. The van der Waals surface area contributed by atoms with E-state index in [9.17, 15) is 9.59 Å². The van der Waals surface area contributed by atoms with Gasteiger partial charge in [0.25, 0.3) is 0 Å². The van der Waals surface area contributed by atoms with Gasteiger partial charge in [0.05, 0.1) is 4.91 Å². The molecule has 0 spiro atoms. The Hall–Kier alpha value is -0.175. The lowest BCUT2D eigenvalue weighted by Gasteiger charge is -2.36. The van der Waals surface area contributed by atoms with Gasteiger partial charge < -0.3 is 9.97 Å². The van der Waals surface area contributed by atoms with Gasteiger partial charge in [-0.05, 0) is 18.7 Å². The second-order valence-corrected chi connectivity index (χ2v) is 8.52. The average Bonchev–Trinajstić information content (AvgIpc) is 2.25. The number of carbonyl (C=O) groups excluding carboxylic acids is 2. The van der Waals surface area contributed by atoms with E-state index in [1.54, 1.807) is 0 Å². The van der Waals surface area contributed by atoms with Gasteiger partial charge in [-0.3, -0.25) is 9.59 Å². The van der Waals surface area contributed by atoms with Crippen molar-refractivity contribution in [2.24, 2.45) is 5.41 Å². The lowest BCUT2D eigenvalue weighted by atomic mass is 9.78. The Labute approximate surface area is 131 Å². The molecule has 1 unspecified atom stereocenters. The number of hydrogen-bond donors (Lipinski definition) is 1. The maximum Gasteiger partial charge on any atom is 0.428 e. The second kappa shape index (κ2) is 5.67. The molecule has 0 saturated heterocycles. The van der Waals surface area contributed by atoms with Crippen molar-refractivity contribution in [3.8, 4) is 0 Å². The van der Waals surface area contributed by atoms with Crippen molar-refractivity contribution < 1.29 is 14.2 Å². The van der Waals surface area contributed by atoms with E-state index in [2.05, 4.69) is 41.5 Å². The van der Waals surface area contributed by atoms with E-state index in [0.29, 0.717) is 12.2 Å². The summed E-state index contributed by atoms with van der Waals surface area (Å²) >= 11 is 3.54. The molecular weight excluding hydrogens is 376 g/mol. The molecule has 2 rings (SSSR count). The summed E-state index contributed by atoms with van der Waals surface area (Å²) in [6, 6.07) is -0.345. The van der Waals surface area contributed by atoms with E-state index in [1.165, 1.54) is 11.8 Å². The van der Waals surface area contributed by atoms with Gasteiger partial charge >= 0.3 is 10.7 Å². The van der Waals surface area contributed by atoms with Gasteiger partial charge in [-0.25, -0.2) is 0 Å². The normalized spacial score (nSPS) is 25.5. The van der Waals surface area contributed by atoms with Crippen molar-refractivity contribution in [3.63, 3.8) is 0 Å². The lowest BCUT2D eigenvalue weighted by Crippen LogP contribution is -2.46. The topological polar surface area (TPSA) is 55.4 Å². The minimum Gasteiger partial charge on any atom is -0.524 e. The van der Waals surface area contributed by atoms with E-state index < -0.39 is 0 Å². The third-order valence-corrected chi connectivity index (χ3v) is 4.64. The molecule has 0 aromatic carbocycles. The van der Waals surface area contributed by atoms with E-state index in [4.69, 9.17) is 4.65 Å². The first-order valence-corrected chi connectivity index (χ1v) is 8.52. The molecule has 1 N–H and O–H groups in total. The minimum atomic E-state index is -0.345. The van der Waals surface area contributed by atoms with E-state index in [0.717, 1.165) is 17.0 Å². The van der Waals surface area contributed by atoms with Gasteiger partial charge in [0.2, 0.25) is 0 Å². The molecule has 1 heterocycles. The van der Waals surface area contributed by atoms with Gasteiger partial charge in [-0.1, -0.05) is 36.2 Å². The minimum absolute atomic E-state index is 0.0359. The Morgan fingerprint density at radius 2 is 2.21 bits per heavy atom. The number of allylic oxidation sites excluding steroid dienone is 2. The fourth-order valence-electron chi connectivity index (χ4n) is 2.38. The predicted molar refractivity (Wildman–Crippen MR) is 86.2 cm³/mol. The SMILES string of the molecule is CB(I)OC(=O)C1CSC2=C(CC(C)(C)CC2=O)N1. The van der Waals surface area contributed by atoms with Crippen LogP contribution in [0.2, 0.25) is 6.82 Å². The molecule has 4 nitrogen and oxygen atoms in total. The predicted octanol–water partition coefficient (Wildman–Crippen LogP) is 2.39. The highest BCUT2D eigenvalue weighted by molar-refractivity contribution is 14.1. The van der Waals surface area contributed by atoms with Crippen LogP contribution in [-0.2, 0) is 14.2 Å². The Bertz CT molecular complexity index is 450. The number of Topliss-reactive ketones (excluding diaryl/α,β-unsaturated/α-hetero) is 1. The summed E-state index contributed by atoms with van der Waals surface area (Å²) in [5.41, 5.74) is 0.881. The molecule has 104 valence electrons. The van der Waals surface area contributed by atoms with Crippen molar-refractivity contribution in [3.05, 3.63) is 10.6 Å². The highest BCUT2D eigenvalue weighted by atomic mass is 127. The molecule has 0 radical (unpaired) electrons. The third kappa shape index (κ3) is 3.68. The Kier molecular flexibility index (Phi) is 4.54. The molecule has 0 amide bonds. The standard InChI is InChI=1S/C12H17BINO3S/c1-12(2)4-7-10(9(16)5-12)19-6-8(15-7)11(17)18-13(3)14/h8,15H,4-6H2,1-3H3. The highest BCUT2D eigenvalue weighted by Crippen LogP contribution is 2.41. The number of halogens is 1. The molecular formula is C12H17BINO3S. The van der Waals surface area contributed by atoms with E-state index >= 15 is 0 Å². The fraction of sp³-hybridized carbons (Fsp3) is 0.667. The number of hydrogen-bond acceptors (Lipinski definition) is 5. The van der Waals surface area contributed by atoms with Gasteiger partial charge in [0, 0.05) is 17.9 Å². The molecule has 0 saturated carbocycles. The molecule has 1 aliphatic carbocycles. The van der Waals surface area contributed by atoms with Crippen LogP contribution < -0.4 is 5.32 Å². The first kappa shape index (κ1) is 15.2. The molecule has 7 heteroatoms. The molecule has 0 aromatic heterocycles. The molecule has 1 aliphatic heterocycles. The molecule has 1 atom stereocenters. The van der Waals surface area contributed by atoms with Crippen LogP contribution in [-0.4, -0.2) is 28.3 Å². The average molecular weight is 393 g/mol. The zero-order valence-electron chi connectivity index (χ0n) is 11.3. The smallest absolute Gasteiger partial charge is 0.428 e. The zero-order valence-corrected chi connectivity index (χ0v) is 14.3. The van der Waals surface area contributed by atoms with E-state index in [1.807, 2.05) is 6.82 Å². The number of rotatable bonds is 2. The summed E-state index contributed by atoms with van der Waals surface area (Å²) in [6.07, 6.45) is 1.39. The first-order valence-electron chi connectivity index (χ1n) is 6.29. The maximum atomic E-state index is 12.1. The number of carbonyl (C=O) groups is 2. The Morgan fingerprint density at radius 1 is 1.53 bits per heavy atom. The Morgan fingerprint density at radius 3 is 2.84 bits per heavy atom. The van der Waals surface area contributed by atoms with Crippen molar-refractivity contribution in [2.75, 3.05) is 5.75 Å². The van der Waals surface area contributed by atoms with Crippen LogP contribution in [0.5, 0.6) is 0 Å². The molecule has 2 aliphatic rings. The van der Waals surface area contributed by atoms with Crippen LogP contribution in [0.25, 0.3) is 0 Å². The highest BCUT2D eigenvalue weighted by Gasteiger charge is 2.38. The monoisotopic (exact) mass is 393 g/mol. The number of nitrogens with one attached hydrogen (secondary N) is 1. The van der Waals surface area contributed by atoms with Gasteiger partial charge in [-0.15, -0.1) is 11.8 Å². The van der Waals surface area contributed by atoms with Crippen molar-refractivity contribution in [1.82, 2.24) is 5.32 Å². The maximum absolute atomic E-state index is 12.1. The van der Waals surface area contributed by atoms with Gasteiger partial charge in [-0.2, -0.15) is 0 Å². The van der Waals surface area contributed by atoms with Crippen molar-refractivity contribution in [1.29, 1.82) is 0 Å². The van der Waals surface area contributed by atoms with Crippen LogP contribution in [0.15, 0.2) is 10.6 Å². The van der Waals surface area contributed by atoms with Gasteiger partial charge in [0.1, 0.15) is 6.04 Å². The third-order valence-electron chi connectivity index (χ3n) is 3.13. The van der Waals surface area contributed by atoms with Crippen LogP contribution in [0, 0.1) is 5.41 Å². The van der Waals surface area contributed by atoms with E-state index in [-0.39, 0.29) is 28.0 Å². The zero-order chi connectivity index (χ0) is 14.2. The number of thioether (sulfide) groups is 1. The Balaban J connectivity index is 2.11. The van der Waals surface area contributed by atoms with Crippen molar-refractivity contribution in [2.45, 2.75) is 39.6 Å².